The van der Waals surface area contributed by atoms with Crippen LogP contribution in [0.5, 0.6) is 11.6 Å². The number of hydrogen-bond acceptors (Lipinski definition) is 4. The number of pyridine rings is 1. The van der Waals surface area contributed by atoms with Gasteiger partial charge in [0.25, 0.3) is 0 Å². The molecule has 0 aliphatic carbocycles. The molecule has 0 unspecified atom stereocenters. The highest BCUT2D eigenvalue weighted by molar-refractivity contribution is 5.30. The summed E-state index contributed by atoms with van der Waals surface area (Å²) in [5, 5.41) is 7.04. The summed E-state index contributed by atoms with van der Waals surface area (Å²) in [6.07, 6.45) is 4.52. The smallest absolute Gasteiger partial charge is 0.224 e. The van der Waals surface area contributed by atoms with E-state index in [0.29, 0.717) is 23.7 Å². The van der Waals surface area contributed by atoms with Gasteiger partial charge >= 0.3 is 0 Å². The number of ether oxygens (including phenoxy) is 1. The Labute approximate surface area is 105 Å². The van der Waals surface area contributed by atoms with Crippen LogP contribution in [0.15, 0.2) is 24.7 Å². The Morgan fingerprint density at radius 3 is 2.94 bits per heavy atom. The third kappa shape index (κ3) is 2.84. The molecule has 0 radical (unpaired) electrons. The molecule has 2 aromatic heterocycles. The van der Waals surface area contributed by atoms with Crippen LogP contribution in [0.1, 0.15) is 12.5 Å². The molecule has 6 heteroatoms. The lowest BCUT2D eigenvalue weighted by molar-refractivity contribution is 0.449. The summed E-state index contributed by atoms with van der Waals surface area (Å²) in [5.41, 5.74) is 0.668. The first-order chi connectivity index (χ1) is 8.72. The Hall–Kier alpha value is -1.95. The van der Waals surface area contributed by atoms with Crippen LogP contribution >= 0.6 is 0 Å². The summed E-state index contributed by atoms with van der Waals surface area (Å²) in [5.74, 6) is 0.603. The minimum absolute atomic E-state index is 0.378. The molecule has 0 bridgehead atoms. The zero-order valence-electron chi connectivity index (χ0n) is 10.4. The number of halogens is 1. The van der Waals surface area contributed by atoms with E-state index in [4.69, 9.17) is 4.74 Å². The largest absolute Gasteiger partial charge is 0.435 e. The average Bonchev–Trinajstić information content (AvgIpc) is 2.81. The molecule has 0 amide bonds. The van der Waals surface area contributed by atoms with Crippen molar-refractivity contribution in [3.8, 4) is 11.6 Å². The van der Waals surface area contributed by atoms with Crippen molar-refractivity contribution in [2.45, 2.75) is 20.0 Å². The Balaban J connectivity index is 2.22. The third-order valence-corrected chi connectivity index (χ3v) is 2.41. The molecule has 0 atom stereocenters. The molecule has 0 aromatic carbocycles. The van der Waals surface area contributed by atoms with Gasteiger partial charge in [-0.15, -0.1) is 0 Å². The summed E-state index contributed by atoms with van der Waals surface area (Å²) in [4.78, 5) is 3.95. The molecule has 18 heavy (non-hydrogen) atoms. The standard InChI is InChI=1S/C12H15FN4O/c1-3-17-8-11(7-16-17)18-12-9(5-14-2)4-10(13)6-15-12/h4,6-8,14H,3,5H2,1-2H3. The number of aromatic nitrogens is 3. The molecule has 2 heterocycles. The maximum atomic E-state index is 13.1. The molecular formula is C12H15FN4O. The second-order valence-corrected chi connectivity index (χ2v) is 3.78. The lowest BCUT2D eigenvalue weighted by Crippen LogP contribution is -2.07. The second kappa shape index (κ2) is 5.59. The minimum atomic E-state index is -0.378. The van der Waals surface area contributed by atoms with E-state index in [9.17, 15) is 4.39 Å². The van der Waals surface area contributed by atoms with Gasteiger partial charge in [0, 0.05) is 18.7 Å². The lowest BCUT2D eigenvalue weighted by atomic mass is 10.2. The van der Waals surface area contributed by atoms with Gasteiger partial charge in [-0.2, -0.15) is 5.10 Å². The first-order valence-electron chi connectivity index (χ1n) is 5.72. The Morgan fingerprint density at radius 2 is 2.28 bits per heavy atom. The normalized spacial score (nSPS) is 10.6. The molecule has 2 aromatic rings. The zero-order chi connectivity index (χ0) is 13.0. The van der Waals surface area contributed by atoms with Gasteiger partial charge < -0.3 is 10.1 Å². The summed E-state index contributed by atoms with van der Waals surface area (Å²) in [6, 6.07) is 1.41. The monoisotopic (exact) mass is 250 g/mol. The maximum Gasteiger partial charge on any atom is 0.224 e. The van der Waals surface area contributed by atoms with E-state index in [-0.39, 0.29) is 5.82 Å². The molecule has 0 saturated carbocycles. The van der Waals surface area contributed by atoms with E-state index >= 15 is 0 Å². The van der Waals surface area contributed by atoms with Crippen LogP contribution in [-0.2, 0) is 13.1 Å². The highest BCUT2D eigenvalue weighted by atomic mass is 19.1. The SMILES string of the molecule is CCn1cc(Oc2ncc(F)cc2CNC)cn1. The summed E-state index contributed by atoms with van der Waals surface area (Å²) in [7, 11) is 1.78. The fraction of sp³-hybridized carbons (Fsp3) is 0.333. The number of rotatable bonds is 5. The van der Waals surface area contributed by atoms with Gasteiger partial charge in [0.1, 0.15) is 5.82 Å². The third-order valence-electron chi connectivity index (χ3n) is 2.41. The van der Waals surface area contributed by atoms with Crippen molar-refractivity contribution in [3.63, 3.8) is 0 Å². The van der Waals surface area contributed by atoms with E-state index < -0.39 is 0 Å². The predicted molar refractivity (Wildman–Crippen MR) is 64.9 cm³/mol. The van der Waals surface area contributed by atoms with Gasteiger partial charge in [-0.1, -0.05) is 0 Å². The highest BCUT2D eigenvalue weighted by Gasteiger charge is 2.09. The lowest BCUT2D eigenvalue weighted by Gasteiger charge is -2.08. The van der Waals surface area contributed by atoms with Gasteiger partial charge in [0.2, 0.25) is 5.88 Å². The Bertz CT molecular complexity index is 527. The quantitative estimate of drug-likeness (QED) is 0.881. The Kier molecular flexibility index (Phi) is 3.88. The molecule has 0 aliphatic rings. The molecule has 1 N–H and O–H groups in total. The molecule has 5 nitrogen and oxygen atoms in total. The maximum absolute atomic E-state index is 13.1. The van der Waals surface area contributed by atoms with Crippen molar-refractivity contribution in [3.05, 3.63) is 36.0 Å². The minimum Gasteiger partial charge on any atom is -0.435 e. The van der Waals surface area contributed by atoms with Crippen molar-refractivity contribution in [1.29, 1.82) is 0 Å². The molecule has 0 saturated heterocycles. The molecule has 0 aliphatic heterocycles. The van der Waals surface area contributed by atoms with Gasteiger partial charge in [-0.3, -0.25) is 4.68 Å². The van der Waals surface area contributed by atoms with Crippen LogP contribution in [0, 0.1) is 5.82 Å². The fourth-order valence-electron chi connectivity index (χ4n) is 1.56. The molecule has 0 spiro atoms. The van der Waals surface area contributed by atoms with Crippen molar-refractivity contribution >= 4 is 0 Å². The number of aryl methyl sites for hydroxylation is 1. The summed E-state index contributed by atoms with van der Waals surface area (Å²) in [6.45, 7) is 3.24. The molecule has 96 valence electrons. The van der Waals surface area contributed by atoms with Crippen LogP contribution in [-0.4, -0.2) is 21.8 Å². The van der Waals surface area contributed by atoms with Crippen LogP contribution in [0.4, 0.5) is 4.39 Å². The van der Waals surface area contributed by atoms with Gasteiger partial charge in [0.05, 0.1) is 18.6 Å². The van der Waals surface area contributed by atoms with Gasteiger partial charge in [0.15, 0.2) is 5.75 Å². The van der Waals surface area contributed by atoms with Crippen molar-refractivity contribution in [2.75, 3.05) is 7.05 Å². The first-order valence-corrected chi connectivity index (χ1v) is 5.72. The summed E-state index contributed by atoms with van der Waals surface area (Å²) < 4.78 is 20.5. The predicted octanol–water partition coefficient (Wildman–Crippen LogP) is 1.95. The fourth-order valence-corrected chi connectivity index (χ4v) is 1.56. The van der Waals surface area contributed by atoms with E-state index in [2.05, 4.69) is 15.4 Å². The van der Waals surface area contributed by atoms with E-state index in [1.807, 2.05) is 6.92 Å². The van der Waals surface area contributed by atoms with E-state index in [1.54, 1.807) is 24.1 Å². The van der Waals surface area contributed by atoms with Crippen LogP contribution < -0.4 is 10.1 Å². The average molecular weight is 250 g/mol. The first kappa shape index (κ1) is 12.5. The number of nitrogens with one attached hydrogen (secondary N) is 1. The zero-order valence-corrected chi connectivity index (χ0v) is 10.4. The van der Waals surface area contributed by atoms with Crippen LogP contribution in [0.25, 0.3) is 0 Å². The van der Waals surface area contributed by atoms with E-state index in [1.165, 1.54) is 6.07 Å². The van der Waals surface area contributed by atoms with Crippen LogP contribution in [0.2, 0.25) is 0 Å². The molecule has 0 fully saturated rings. The van der Waals surface area contributed by atoms with Crippen molar-refractivity contribution in [2.24, 2.45) is 0 Å². The Morgan fingerprint density at radius 1 is 1.44 bits per heavy atom. The van der Waals surface area contributed by atoms with Crippen molar-refractivity contribution in [1.82, 2.24) is 20.1 Å². The number of nitrogens with zero attached hydrogens (tertiary/aromatic N) is 3. The number of hydrogen-bond donors (Lipinski definition) is 1. The second-order valence-electron chi connectivity index (χ2n) is 3.78. The summed E-state index contributed by atoms with van der Waals surface area (Å²) >= 11 is 0. The molecular weight excluding hydrogens is 235 g/mol. The van der Waals surface area contributed by atoms with Crippen LogP contribution in [0.3, 0.4) is 0 Å². The highest BCUT2D eigenvalue weighted by Crippen LogP contribution is 2.23. The van der Waals surface area contributed by atoms with Gasteiger partial charge in [-0.05, 0) is 20.0 Å². The molecule has 2 rings (SSSR count). The van der Waals surface area contributed by atoms with Gasteiger partial charge in [-0.25, -0.2) is 9.37 Å². The van der Waals surface area contributed by atoms with Crippen molar-refractivity contribution < 1.29 is 9.13 Å². The van der Waals surface area contributed by atoms with E-state index in [0.717, 1.165) is 12.7 Å². The topological polar surface area (TPSA) is 52.0 Å².